The van der Waals surface area contributed by atoms with Gasteiger partial charge < -0.3 is 10.2 Å². The van der Waals surface area contributed by atoms with Gasteiger partial charge in [-0.05, 0) is 35.4 Å². The molecule has 5 nitrogen and oxygen atoms in total. The Labute approximate surface area is 151 Å². The van der Waals surface area contributed by atoms with Gasteiger partial charge >= 0.3 is 5.76 Å². The summed E-state index contributed by atoms with van der Waals surface area (Å²) < 4.78 is 21.9. The molecule has 1 atom stereocenters. The van der Waals surface area contributed by atoms with E-state index in [1.54, 1.807) is 19.2 Å². The Morgan fingerprint density at radius 1 is 1.31 bits per heavy atom. The molecule has 7 heteroatoms. The van der Waals surface area contributed by atoms with Gasteiger partial charge in [0, 0.05) is 28.4 Å². The van der Waals surface area contributed by atoms with Crippen LogP contribution in [0.5, 0.6) is 0 Å². The highest BCUT2D eigenvalue weighted by molar-refractivity contribution is 7.19. The highest BCUT2D eigenvalue weighted by Crippen LogP contribution is 2.34. The van der Waals surface area contributed by atoms with Crippen LogP contribution in [-0.2, 0) is 13.5 Å². The van der Waals surface area contributed by atoms with Crippen LogP contribution in [0.1, 0.15) is 4.88 Å². The Hall–Kier alpha value is -2.95. The van der Waals surface area contributed by atoms with E-state index in [0.717, 1.165) is 15.8 Å². The molecule has 0 radical (unpaired) electrons. The highest BCUT2D eigenvalue weighted by Gasteiger charge is 2.16. The minimum Gasteiger partial charge on any atom is -0.408 e. The summed E-state index contributed by atoms with van der Waals surface area (Å²) in [5, 5.41) is 9.36. The van der Waals surface area contributed by atoms with Gasteiger partial charge in [-0.15, -0.1) is 11.3 Å². The van der Waals surface area contributed by atoms with E-state index < -0.39 is 11.8 Å². The van der Waals surface area contributed by atoms with E-state index in [1.165, 1.54) is 15.9 Å². The van der Waals surface area contributed by atoms with Gasteiger partial charge in [0.15, 0.2) is 5.58 Å². The number of hydrogen-bond acceptors (Lipinski definition) is 5. The lowest BCUT2D eigenvalue weighted by Gasteiger charge is -2.02. The minimum absolute atomic E-state index is 0.195. The Morgan fingerprint density at radius 2 is 2.04 bits per heavy atom. The van der Waals surface area contributed by atoms with Gasteiger partial charge in [0.1, 0.15) is 5.82 Å². The molecule has 0 aliphatic heterocycles. The number of nitrogens with zero attached hydrogens (tertiary/aromatic N) is 2. The van der Waals surface area contributed by atoms with Crippen LogP contribution in [0.3, 0.4) is 0 Å². The van der Waals surface area contributed by atoms with Gasteiger partial charge in [0.2, 0.25) is 0 Å². The number of halogens is 1. The fraction of sp³-hybridized carbons (Fsp3) is 0.158. The van der Waals surface area contributed by atoms with Gasteiger partial charge in [-0.25, -0.2) is 9.18 Å². The van der Waals surface area contributed by atoms with Crippen molar-refractivity contribution in [1.29, 1.82) is 5.26 Å². The van der Waals surface area contributed by atoms with Crippen molar-refractivity contribution in [3.63, 3.8) is 0 Å². The molecule has 0 spiro atoms. The Kier molecular flexibility index (Phi) is 3.87. The number of oxazole rings is 1. The molecule has 0 saturated heterocycles. The van der Waals surface area contributed by atoms with Crippen molar-refractivity contribution in [2.75, 3.05) is 0 Å². The van der Waals surface area contributed by atoms with Crippen LogP contribution in [0.2, 0.25) is 0 Å². The predicted molar refractivity (Wildman–Crippen MR) is 99.5 cm³/mol. The zero-order chi connectivity index (χ0) is 18.4. The predicted octanol–water partition coefficient (Wildman–Crippen LogP) is 3.55. The number of benzene rings is 2. The quantitative estimate of drug-likeness (QED) is 0.600. The van der Waals surface area contributed by atoms with E-state index in [0.29, 0.717) is 21.4 Å². The second-order valence-corrected chi connectivity index (χ2v) is 7.24. The number of thiophene rings is 1. The maximum atomic E-state index is 14.5. The molecule has 2 N–H and O–H groups in total. The third-order valence-electron chi connectivity index (χ3n) is 4.39. The molecule has 130 valence electrons. The molecule has 0 amide bonds. The van der Waals surface area contributed by atoms with E-state index >= 15 is 0 Å². The molecule has 0 aliphatic rings. The molecular weight excluding hydrogens is 353 g/mol. The third kappa shape index (κ3) is 2.60. The lowest BCUT2D eigenvalue weighted by Crippen LogP contribution is -2.19. The average molecular weight is 367 g/mol. The van der Waals surface area contributed by atoms with Gasteiger partial charge in [0.05, 0.1) is 17.6 Å². The van der Waals surface area contributed by atoms with Crippen LogP contribution in [0, 0.1) is 17.1 Å². The van der Waals surface area contributed by atoms with Gasteiger partial charge in [-0.1, -0.05) is 12.1 Å². The second kappa shape index (κ2) is 6.09. The smallest absolute Gasteiger partial charge is 0.408 e. The topological polar surface area (TPSA) is 84.9 Å². The van der Waals surface area contributed by atoms with E-state index in [9.17, 15) is 9.18 Å². The molecular formula is C19H14FN3O2S. The summed E-state index contributed by atoms with van der Waals surface area (Å²) in [4.78, 5) is 12.1. The number of nitrogens with two attached hydrogens (primary N) is 1. The van der Waals surface area contributed by atoms with Crippen LogP contribution < -0.4 is 11.5 Å². The van der Waals surface area contributed by atoms with Crippen LogP contribution in [-0.4, -0.2) is 10.6 Å². The average Bonchev–Trinajstić information content (AvgIpc) is 3.11. The number of aromatic nitrogens is 1. The normalized spacial score (nSPS) is 12.5. The zero-order valence-electron chi connectivity index (χ0n) is 13.8. The highest BCUT2D eigenvalue weighted by atomic mass is 32.1. The summed E-state index contributed by atoms with van der Waals surface area (Å²) >= 11 is 1.31. The summed E-state index contributed by atoms with van der Waals surface area (Å²) in [6.45, 7) is 0. The van der Waals surface area contributed by atoms with E-state index in [4.69, 9.17) is 15.4 Å². The first-order valence-electron chi connectivity index (χ1n) is 7.94. The molecule has 2 aromatic carbocycles. The fourth-order valence-corrected chi connectivity index (χ4v) is 4.16. The number of rotatable bonds is 3. The molecule has 4 aromatic rings. The molecule has 0 fully saturated rings. The van der Waals surface area contributed by atoms with Gasteiger partial charge in [-0.3, -0.25) is 4.57 Å². The lowest BCUT2D eigenvalue weighted by molar-refractivity contribution is 0.528. The summed E-state index contributed by atoms with van der Waals surface area (Å²) in [5.41, 5.74) is 8.66. The van der Waals surface area contributed by atoms with Crippen molar-refractivity contribution in [2.24, 2.45) is 12.8 Å². The first kappa shape index (κ1) is 16.5. The largest absolute Gasteiger partial charge is 0.419 e. The molecule has 1 unspecified atom stereocenters. The van der Waals surface area contributed by atoms with Gasteiger partial charge in [0.25, 0.3) is 0 Å². The standard InChI is InChI=1S/C19H14FN3O2S/c1-23-14-6-10(3-5-15(14)25-19(23)24)11-2-4-13-16(7-11)26-17(18(13)20)8-12(22)9-21/h2-7,12H,8,22H2,1H3. The SMILES string of the molecule is Cn1c(=O)oc2ccc(-c3ccc4c(F)c(CC(N)C#N)sc4c3)cc21. The summed E-state index contributed by atoms with van der Waals surface area (Å²) in [6.07, 6.45) is 0.195. The fourth-order valence-electron chi connectivity index (χ4n) is 2.98. The minimum atomic E-state index is -0.721. The molecule has 0 aliphatic carbocycles. The van der Waals surface area contributed by atoms with Crippen molar-refractivity contribution < 1.29 is 8.81 Å². The zero-order valence-corrected chi connectivity index (χ0v) is 14.6. The van der Waals surface area contributed by atoms with Crippen LogP contribution in [0.15, 0.2) is 45.6 Å². The van der Waals surface area contributed by atoms with Crippen molar-refractivity contribution in [1.82, 2.24) is 4.57 Å². The monoisotopic (exact) mass is 367 g/mol. The summed E-state index contributed by atoms with van der Waals surface area (Å²) in [6, 6.07) is 12.2. The van der Waals surface area contributed by atoms with E-state index in [-0.39, 0.29) is 12.2 Å². The van der Waals surface area contributed by atoms with Crippen LogP contribution in [0.4, 0.5) is 4.39 Å². The first-order chi connectivity index (χ1) is 12.5. The molecule has 0 saturated carbocycles. The summed E-state index contributed by atoms with van der Waals surface area (Å²) in [5.74, 6) is -0.721. The van der Waals surface area contributed by atoms with Crippen molar-refractivity contribution in [3.05, 3.63) is 57.6 Å². The first-order valence-corrected chi connectivity index (χ1v) is 8.75. The molecule has 26 heavy (non-hydrogen) atoms. The van der Waals surface area contributed by atoms with Gasteiger partial charge in [-0.2, -0.15) is 5.26 Å². The van der Waals surface area contributed by atoms with Crippen LogP contribution >= 0.6 is 11.3 Å². The number of aryl methyl sites for hydroxylation is 1. The maximum absolute atomic E-state index is 14.5. The number of fused-ring (bicyclic) bond motifs is 2. The molecule has 2 heterocycles. The Morgan fingerprint density at radius 3 is 2.81 bits per heavy atom. The second-order valence-electron chi connectivity index (χ2n) is 6.10. The van der Waals surface area contributed by atoms with Crippen molar-refractivity contribution >= 4 is 32.5 Å². The third-order valence-corrected chi connectivity index (χ3v) is 5.54. The molecule has 0 bridgehead atoms. The number of nitriles is 1. The van der Waals surface area contributed by atoms with Crippen molar-refractivity contribution in [3.8, 4) is 17.2 Å². The maximum Gasteiger partial charge on any atom is 0.419 e. The molecule has 4 rings (SSSR count). The van der Waals surface area contributed by atoms with E-state index in [2.05, 4.69) is 0 Å². The Bertz CT molecular complexity index is 1250. The molecule has 2 aromatic heterocycles. The van der Waals surface area contributed by atoms with E-state index in [1.807, 2.05) is 30.3 Å². The van der Waals surface area contributed by atoms with Crippen molar-refractivity contribution in [2.45, 2.75) is 12.5 Å². The Balaban J connectivity index is 1.81. The van der Waals surface area contributed by atoms with Crippen LogP contribution in [0.25, 0.3) is 32.3 Å². The lowest BCUT2D eigenvalue weighted by atomic mass is 10.0. The number of hydrogen-bond donors (Lipinski definition) is 1. The summed E-state index contributed by atoms with van der Waals surface area (Å²) in [7, 11) is 1.65.